The molecule has 0 spiro atoms. The number of nitrogens with zero attached hydrogens (tertiary/aromatic N) is 1. The van der Waals surface area contributed by atoms with Crippen LogP contribution in [0.25, 0.3) is 0 Å². The zero-order valence-electron chi connectivity index (χ0n) is 12.7. The van der Waals surface area contributed by atoms with Crippen molar-refractivity contribution < 1.29 is 37.0 Å². The van der Waals surface area contributed by atoms with E-state index in [9.17, 15) is 9.59 Å². The summed E-state index contributed by atoms with van der Waals surface area (Å²) in [5.41, 5.74) is 6.09. The summed E-state index contributed by atoms with van der Waals surface area (Å²) in [6.07, 6.45) is -0.725. The summed E-state index contributed by atoms with van der Waals surface area (Å²) in [5.74, 6) is -0.449. The summed E-state index contributed by atoms with van der Waals surface area (Å²) in [6.45, 7) is -0.173. The fraction of sp³-hybridized carbons (Fsp3) is 0.385. The van der Waals surface area contributed by atoms with Gasteiger partial charge in [-0.05, 0) is 5.56 Å². The van der Waals surface area contributed by atoms with Gasteiger partial charge in [0.2, 0.25) is 5.91 Å². The fourth-order valence-electron chi connectivity index (χ4n) is 1.47. The summed E-state index contributed by atoms with van der Waals surface area (Å²) in [6, 6.07) is 9.13. The van der Waals surface area contributed by atoms with E-state index >= 15 is 0 Å². The molecule has 0 fully saturated rings. The highest BCUT2D eigenvalue weighted by Crippen LogP contribution is 2.04. The number of nitrogens with two attached hydrogens (primary N) is 1. The molecule has 0 saturated heterocycles. The molecule has 0 atom stereocenters. The number of carbonyl (C=O) groups is 2. The zero-order chi connectivity index (χ0) is 18.6. The van der Waals surface area contributed by atoms with Gasteiger partial charge in [0, 0.05) is 13.0 Å². The molecule has 0 unspecified atom stereocenters. The number of imide groups is 1. The van der Waals surface area contributed by atoms with E-state index in [4.69, 9.17) is 33.1 Å². The molecule has 0 radical (unpaired) electrons. The van der Waals surface area contributed by atoms with E-state index in [0.29, 0.717) is 0 Å². The lowest BCUT2D eigenvalue weighted by atomic mass is 10.2. The minimum atomic E-state index is -4.67. The predicted molar refractivity (Wildman–Crippen MR) is 83.3 cm³/mol. The van der Waals surface area contributed by atoms with Crippen molar-refractivity contribution in [3.8, 4) is 0 Å². The molecule has 1 aromatic rings. The number of amides is 2. The van der Waals surface area contributed by atoms with Gasteiger partial charge in [-0.15, -0.1) is 0 Å². The number of rotatable bonds is 6. The Kier molecular flexibility index (Phi) is 10.5. The minimum absolute atomic E-state index is 0.0421. The fourth-order valence-corrected chi connectivity index (χ4v) is 1.47. The van der Waals surface area contributed by atoms with Gasteiger partial charge in [0.25, 0.3) is 0 Å². The quantitative estimate of drug-likeness (QED) is 0.501. The van der Waals surface area contributed by atoms with Crippen molar-refractivity contribution >= 4 is 22.4 Å². The van der Waals surface area contributed by atoms with Gasteiger partial charge in [0.05, 0.1) is 13.2 Å². The normalized spacial score (nSPS) is 10.3. The molecule has 0 aliphatic heterocycles. The lowest BCUT2D eigenvalue weighted by Crippen LogP contribution is -2.40. The van der Waals surface area contributed by atoms with Gasteiger partial charge in [-0.1, -0.05) is 30.3 Å². The number of aliphatic hydroxyl groups excluding tert-OH is 1. The molecule has 10 nitrogen and oxygen atoms in total. The van der Waals surface area contributed by atoms with Crippen LogP contribution in [0.3, 0.4) is 0 Å². The molecule has 0 heterocycles. The van der Waals surface area contributed by atoms with E-state index < -0.39 is 22.4 Å². The number of hydrogen-bond donors (Lipinski definition) is 4. The first-order valence-electron chi connectivity index (χ1n) is 6.71. The van der Waals surface area contributed by atoms with Crippen molar-refractivity contribution in [3.63, 3.8) is 0 Å². The molecule has 0 saturated carbocycles. The molecule has 0 aliphatic carbocycles. The standard InChI is InChI=1S/C13H18N2O4.H2O4S/c14-7-6-12(17)15(8-9-16)13(18)19-10-11-4-2-1-3-5-11;1-5(2,3)4/h1-5,16H,6-10,14H2;(H2,1,2,3,4). The molecular formula is C13H20N2O8S. The van der Waals surface area contributed by atoms with Crippen LogP contribution in [0.2, 0.25) is 0 Å². The van der Waals surface area contributed by atoms with Gasteiger partial charge < -0.3 is 15.6 Å². The Hall–Kier alpha value is -2.05. The molecule has 0 bridgehead atoms. The highest BCUT2D eigenvalue weighted by atomic mass is 32.3. The van der Waals surface area contributed by atoms with Crippen molar-refractivity contribution in [3.05, 3.63) is 35.9 Å². The molecule has 0 aromatic heterocycles. The minimum Gasteiger partial charge on any atom is -0.444 e. The van der Waals surface area contributed by atoms with E-state index in [1.165, 1.54) is 0 Å². The molecule has 2 amide bonds. The van der Waals surface area contributed by atoms with Gasteiger partial charge in [0.1, 0.15) is 6.61 Å². The lowest BCUT2D eigenvalue weighted by Gasteiger charge is -2.19. The summed E-state index contributed by atoms with van der Waals surface area (Å²) in [4.78, 5) is 24.2. The van der Waals surface area contributed by atoms with Crippen LogP contribution in [0.4, 0.5) is 4.79 Å². The summed E-state index contributed by atoms with van der Waals surface area (Å²) < 4.78 is 36.6. The molecule has 0 aliphatic rings. The van der Waals surface area contributed by atoms with Crippen LogP contribution in [-0.2, 0) is 26.5 Å². The number of ether oxygens (including phenoxy) is 1. The Morgan fingerprint density at radius 2 is 1.71 bits per heavy atom. The second kappa shape index (κ2) is 11.5. The van der Waals surface area contributed by atoms with E-state index in [-0.39, 0.29) is 32.7 Å². The smallest absolute Gasteiger partial charge is 0.416 e. The Morgan fingerprint density at radius 3 is 2.17 bits per heavy atom. The van der Waals surface area contributed by atoms with Gasteiger partial charge in [-0.25, -0.2) is 9.69 Å². The van der Waals surface area contributed by atoms with Crippen LogP contribution < -0.4 is 5.73 Å². The van der Waals surface area contributed by atoms with Crippen LogP contribution in [0.1, 0.15) is 12.0 Å². The Labute approximate surface area is 139 Å². The lowest BCUT2D eigenvalue weighted by molar-refractivity contribution is -0.129. The highest BCUT2D eigenvalue weighted by molar-refractivity contribution is 7.79. The van der Waals surface area contributed by atoms with Gasteiger partial charge in [0.15, 0.2) is 0 Å². The largest absolute Gasteiger partial charge is 0.444 e. The maximum atomic E-state index is 11.8. The summed E-state index contributed by atoms with van der Waals surface area (Å²) in [7, 11) is -4.67. The van der Waals surface area contributed by atoms with Crippen LogP contribution in [0, 0.1) is 0 Å². The molecule has 1 aromatic carbocycles. The van der Waals surface area contributed by atoms with Crippen LogP contribution in [-0.4, -0.2) is 59.2 Å². The third-order valence-electron chi connectivity index (χ3n) is 2.41. The second-order valence-corrected chi connectivity index (χ2v) is 5.19. The maximum Gasteiger partial charge on any atom is 0.416 e. The van der Waals surface area contributed by atoms with Crippen LogP contribution >= 0.6 is 0 Å². The first-order chi connectivity index (χ1) is 11.2. The Morgan fingerprint density at radius 1 is 1.17 bits per heavy atom. The van der Waals surface area contributed by atoms with Crippen LogP contribution in [0.5, 0.6) is 0 Å². The number of benzene rings is 1. The SMILES string of the molecule is NCCC(=O)N(CCO)C(=O)OCc1ccccc1.O=S(=O)(O)O. The van der Waals surface area contributed by atoms with Crippen molar-refractivity contribution in [2.24, 2.45) is 5.73 Å². The third-order valence-corrected chi connectivity index (χ3v) is 2.41. The average Bonchev–Trinajstić information content (AvgIpc) is 2.50. The third kappa shape index (κ3) is 11.5. The van der Waals surface area contributed by atoms with E-state index in [0.717, 1.165) is 10.5 Å². The first-order valence-corrected chi connectivity index (χ1v) is 8.10. The zero-order valence-corrected chi connectivity index (χ0v) is 13.6. The predicted octanol–water partition coefficient (Wildman–Crippen LogP) is -0.160. The molecule has 1 rings (SSSR count). The number of aliphatic hydroxyl groups is 1. The topological polar surface area (TPSA) is 167 Å². The van der Waals surface area contributed by atoms with Crippen molar-refractivity contribution in [1.29, 1.82) is 0 Å². The van der Waals surface area contributed by atoms with Gasteiger partial charge in [-0.2, -0.15) is 8.42 Å². The van der Waals surface area contributed by atoms with Gasteiger partial charge in [-0.3, -0.25) is 13.9 Å². The molecule has 11 heteroatoms. The van der Waals surface area contributed by atoms with Crippen molar-refractivity contribution in [2.75, 3.05) is 19.7 Å². The second-order valence-electron chi connectivity index (χ2n) is 4.30. The van der Waals surface area contributed by atoms with E-state index in [2.05, 4.69) is 0 Å². The number of carbonyl (C=O) groups excluding carboxylic acids is 2. The molecule has 5 N–H and O–H groups in total. The van der Waals surface area contributed by atoms with Crippen molar-refractivity contribution in [1.82, 2.24) is 4.90 Å². The molecule has 136 valence electrons. The number of hydrogen-bond acceptors (Lipinski definition) is 7. The Bertz CT molecular complexity index is 598. The van der Waals surface area contributed by atoms with Gasteiger partial charge >= 0.3 is 16.5 Å². The molecule has 24 heavy (non-hydrogen) atoms. The van der Waals surface area contributed by atoms with E-state index in [1.807, 2.05) is 30.3 Å². The average molecular weight is 364 g/mol. The summed E-state index contributed by atoms with van der Waals surface area (Å²) >= 11 is 0. The highest BCUT2D eigenvalue weighted by Gasteiger charge is 2.21. The molecular weight excluding hydrogens is 344 g/mol. The van der Waals surface area contributed by atoms with E-state index in [1.54, 1.807) is 0 Å². The summed E-state index contributed by atoms with van der Waals surface area (Å²) in [5, 5.41) is 8.86. The monoisotopic (exact) mass is 364 g/mol. The van der Waals surface area contributed by atoms with Crippen molar-refractivity contribution in [2.45, 2.75) is 13.0 Å². The van der Waals surface area contributed by atoms with Crippen LogP contribution in [0.15, 0.2) is 30.3 Å². The first kappa shape index (κ1) is 21.9. The maximum absolute atomic E-state index is 11.8. The Balaban J connectivity index is 0.000000922.